The molecule has 62 heavy (non-hydrogen) atoms. The Hall–Kier alpha value is -4.90. The van der Waals surface area contributed by atoms with Crippen molar-refractivity contribution in [2.24, 2.45) is 10.8 Å². The van der Waals surface area contributed by atoms with Crippen LogP contribution in [0.1, 0.15) is 148 Å². The first-order valence-electron chi connectivity index (χ1n) is 19.6. The molecule has 4 N–H and O–H groups in total. The molecule has 2 fully saturated rings. The summed E-state index contributed by atoms with van der Waals surface area (Å²) in [7, 11) is 0. The van der Waals surface area contributed by atoms with Gasteiger partial charge in [-0.05, 0) is 51.4 Å². The van der Waals surface area contributed by atoms with E-state index in [0.29, 0.717) is 25.7 Å². The molecule has 0 heterocycles. The summed E-state index contributed by atoms with van der Waals surface area (Å²) in [6, 6.07) is -3.56. The van der Waals surface area contributed by atoms with Gasteiger partial charge in [-0.25, -0.2) is 0 Å². The molecule has 2 aliphatic carbocycles. The van der Waals surface area contributed by atoms with Crippen LogP contribution < -0.4 is 10.6 Å². The average Bonchev–Trinajstić information content (AvgIpc) is 3.19. The monoisotopic (exact) mass is 896 g/mol. The van der Waals surface area contributed by atoms with Crippen molar-refractivity contribution in [3.63, 3.8) is 0 Å². The molecule has 0 aromatic rings. The summed E-state index contributed by atoms with van der Waals surface area (Å²) in [5.74, 6) is -0.699. The van der Waals surface area contributed by atoms with Crippen LogP contribution in [0.3, 0.4) is 0 Å². The summed E-state index contributed by atoms with van der Waals surface area (Å²) in [5, 5.41) is 50.7. The second kappa shape index (κ2) is 37.8. The van der Waals surface area contributed by atoms with Crippen LogP contribution in [0.15, 0.2) is 0 Å². The first kappa shape index (κ1) is 68.8. The van der Waals surface area contributed by atoms with Crippen molar-refractivity contribution in [1.82, 2.24) is 10.6 Å². The molecule has 0 aliphatic heterocycles. The van der Waals surface area contributed by atoms with E-state index in [0.717, 1.165) is 25.7 Å². The van der Waals surface area contributed by atoms with Crippen molar-refractivity contribution < 1.29 is 77.5 Å². The highest BCUT2D eigenvalue weighted by atomic mass is 16.6. The first-order chi connectivity index (χ1) is 28.2. The highest BCUT2D eigenvalue weighted by Gasteiger charge is 2.58. The van der Waals surface area contributed by atoms with Crippen LogP contribution >= 0.6 is 0 Å². The Kier molecular flexibility index (Phi) is 42.0. The normalized spacial score (nSPS) is 23.3. The molecule has 0 radical (unpaired) electrons. The number of rotatable bonds is 16. The van der Waals surface area contributed by atoms with Crippen molar-refractivity contribution >= 4 is 36.4 Å². The van der Waals surface area contributed by atoms with Gasteiger partial charge in [-0.15, -0.1) is 0 Å². The third kappa shape index (κ3) is 22.3. The molecule has 0 spiro atoms. The smallest absolute Gasteiger partial charge is 0.373 e. The zero-order chi connectivity index (χ0) is 47.8. The Morgan fingerprint density at radius 1 is 0.581 bits per heavy atom. The van der Waals surface area contributed by atoms with Gasteiger partial charge in [0.15, 0.2) is 0 Å². The topological polar surface area (TPSA) is 340 Å². The molecule has 22 nitrogen and oxygen atoms in total. The maximum absolute atomic E-state index is 11.7. The van der Waals surface area contributed by atoms with Gasteiger partial charge >= 0.3 is 24.6 Å². The van der Waals surface area contributed by atoms with E-state index in [1.165, 1.54) is 13.8 Å². The highest BCUT2D eigenvalue weighted by molar-refractivity contribution is 5.73. The molecule has 360 valence electrons. The molecule has 22 heteroatoms. The van der Waals surface area contributed by atoms with Crippen molar-refractivity contribution in [1.29, 1.82) is 0 Å². The van der Waals surface area contributed by atoms with Gasteiger partial charge in [0.05, 0.1) is 24.4 Å². The second-order valence-corrected chi connectivity index (χ2v) is 14.0. The van der Waals surface area contributed by atoms with Crippen molar-refractivity contribution in [3.05, 3.63) is 20.2 Å². The van der Waals surface area contributed by atoms with Crippen LogP contribution in [0, 0.1) is 31.1 Å². The molecule has 2 amide bonds. The van der Waals surface area contributed by atoms with Gasteiger partial charge in [0.25, 0.3) is 0 Å². The van der Waals surface area contributed by atoms with Gasteiger partial charge in [0.1, 0.15) is 24.3 Å². The Labute approximate surface area is 364 Å². The van der Waals surface area contributed by atoms with E-state index >= 15 is 0 Å². The largest absolute Gasteiger partial charge is 0.390 e. The number of carbonyl (C=O) groups is 2. The predicted octanol–water partition coefficient (Wildman–Crippen LogP) is 3.50. The highest BCUT2D eigenvalue weighted by Crippen LogP contribution is 2.46. The third-order valence-electron chi connectivity index (χ3n) is 11.3. The molecule has 8 atom stereocenters. The van der Waals surface area contributed by atoms with Crippen LogP contribution in [0.5, 0.6) is 0 Å². The molecule has 0 saturated heterocycles. The maximum Gasteiger partial charge on any atom is 0.373 e. The van der Waals surface area contributed by atoms with Crippen LogP contribution in [-0.2, 0) is 57.4 Å². The van der Waals surface area contributed by atoms with E-state index in [-0.39, 0.29) is 86.2 Å². The van der Waals surface area contributed by atoms with Gasteiger partial charge in [0, 0.05) is 47.4 Å². The predicted molar refractivity (Wildman–Crippen MR) is 216 cm³/mol. The fraction of sp³-hybridized carbons (Fsp3) is 0.850. The summed E-state index contributed by atoms with van der Waals surface area (Å²) < 4.78 is 12.2. The lowest BCUT2D eigenvalue weighted by Crippen LogP contribution is -2.66. The molecule has 0 aromatic heterocycles. The lowest BCUT2D eigenvalue weighted by molar-refractivity contribution is -0.539. The van der Waals surface area contributed by atoms with Crippen LogP contribution in [0.2, 0.25) is 0 Å². The average molecular weight is 897 g/mol. The number of nitrogens with zero attached hydrogens (tertiary/aromatic N) is 2. The minimum atomic E-state index is -0.962. The second-order valence-electron chi connectivity index (χ2n) is 14.0. The summed E-state index contributed by atoms with van der Waals surface area (Å²) in [5.41, 5.74) is -1.13. The fourth-order valence-corrected chi connectivity index (χ4v) is 7.73. The van der Waals surface area contributed by atoms with Gasteiger partial charge in [0.2, 0.25) is 23.9 Å². The number of hydrogen-bond acceptors (Lipinski definition) is 18. The van der Waals surface area contributed by atoms with Gasteiger partial charge in [-0.3, -0.25) is 29.8 Å². The quantitative estimate of drug-likeness (QED) is 0.127. The minimum Gasteiger partial charge on any atom is -0.390 e. The maximum atomic E-state index is 11.7. The number of nitro groups is 2. The van der Waals surface area contributed by atoms with Gasteiger partial charge < -0.3 is 30.3 Å². The molecular weight excluding hydrogens is 824 g/mol. The van der Waals surface area contributed by atoms with Crippen molar-refractivity contribution in [2.75, 3.05) is 0 Å². The number of ether oxygens (including phenoxy) is 2. The van der Waals surface area contributed by atoms with E-state index in [9.17, 15) is 40.0 Å². The Morgan fingerprint density at radius 3 is 0.935 bits per heavy atom. The SMILES string of the molecule is C.C.CCC(CC)O[C@H]1[C@H](NC(C)=O)[C@@H]([N+](=O)[O-])CC(CC)(CC)[C@@H]1O.CCC(CC)O[C@H]1[C@H](NC(C)=O)[C@H]([N+](=O)[O-])CC(CC)(CC)[C@@H]1O.O=C=O.O=C=O.O=C=O.O=C=O. The first-order valence-corrected chi connectivity index (χ1v) is 19.6. The molecule has 0 aromatic carbocycles. The zero-order valence-corrected chi connectivity index (χ0v) is 36.2. The zero-order valence-electron chi connectivity index (χ0n) is 36.2. The standard InChI is InChI=1S/2C17H32N2O5.4CO2.2CH4/c2*1-6-12(7-2)24-15-14(18-11(5)20)13(19(22)23)10-17(8-3,9-4)16(15)21;4*2-1-3;;/h2*12-16,21H,6-10H2,1-5H3,(H,18,20);;;;;2*1H4/t13-,14+,15-,16+;13-,14-,15+,16-;;;;;;/m01....../s1. The summed E-state index contributed by atoms with van der Waals surface area (Å²) >= 11 is 0. The Morgan fingerprint density at radius 2 is 0.790 bits per heavy atom. The van der Waals surface area contributed by atoms with Crippen molar-refractivity contribution in [3.8, 4) is 0 Å². The Bertz CT molecular complexity index is 1260. The summed E-state index contributed by atoms with van der Waals surface area (Å²) in [6.45, 7) is 18.4. The third-order valence-corrected chi connectivity index (χ3v) is 11.3. The number of aliphatic hydroxyl groups is 2. The molecule has 2 saturated carbocycles. The number of carbonyl (C=O) groups excluding carboxylic acids is 10. The van der Waals surface area contributed by atoms with E-state index in [1.54, 1.807) is 0 Å². The number of nitrogens with one attached hydrogen (secondary N) is 2. The van der Waals surface area contributed by atoms with Crippen molar-refractivity contribution in [2.45, 2.75) is 209 Å². The molecule has 2 aliphatic rings. The number of hydrogen-bond donors (Lipinski definition) is 4. The lowest BCUT2D eigenvalue weighted by atomic mass is 9.64. The van der Waals surface area contributed by atoms with E-state index in [4.69, 9.17) is 47.8 Å². The summed E-state index contributed by atoms with van der Waals surface area (Å²) in [6.07, 6.45) is 3.56. The minimum absolute atomic E-state index is 0. The van der Waals surface area contributed by atoms with E-state index in [1.807, 2.05) is 55.4 Å². The fourth-order valence-electron chi connectivity index (χ4n) is 7.73. The number of amides is 2. The number of aliphatic hydroxyl groups excluding tert-OH is 2. The van der Waals surface area contributed by atoms with E-state index < -0.39 is 59.4 Å². The molecule has 2 rings (SSSR count). The molecule has 0 bridgehead atoms. The van der Waals surface area contributed by atoms with Gasteiger partial charge in [-0.2, -0.15) is 38.4 Å². The van der Waals surface area contributed by atoms with Crippen LogP contribution in [-0.4, -0.2) is 117 Å². The van der Waals surface area contributed by atoms with Crippen LogP contribution in [0.4, 0.5) is 0 Å². The Balaban J connectivity index is -0.000000196. The van der Waals surface area contributed by atoms with Gasteiger partial charge in [-0.1, -0.05) is 70.2 Å². The lowest BCUT2D eigenvalue weighted by Gasteiger charge is -2.49. The molecule has 0 unspecified atom stereocenters. The molecular formula is C40H72N4O18. The van der Waals surface area contributed by atoms with E-state index in [2.05, 4.69) is 10.6 Å². The summed E-state index contributed by atoms with van der Waals surface area (Å²) in [4.78, 5) is 111. The van der Waals surface area contributed by atoms with Crippen LogP contribution in [0.25, 0.3) is 0 Å².